The molecule has 4 nitrogen and oxygen atoms in total. The number of carbonyl (C=O) groups excluding carboxylic acids is 2. The zero-order chi connectivity index (χ0) is 23.5. The molecule has 1 aliphatic carbocycles. The molecule has 1 aliphatic rings. The summed E-state index contributed by atoms with van der Waals surface area (Å²) < 4.78 is 13.4. The van der Waals surface area contributed by atoms with Crippen molar-refractivity contribution < 1.29 is 14.0 Å². The number of thioether (sulfide) groups is 1. The lowest BCUT2D eigenvalue weighted by Crippen LogP contribution is -2.51. The number of nitrogens with one attached hydrogen (secondary N) is 1. The highest BCUT2D eigenvalue weighted by atomic mass is 32.2. The summed E-state index contributed by atoms with van der Waals surface area (Å²) in [5, 5.41) is 3.19. The van der Waals surface area contributed by atoms with Crippen molar-refractivity contribution in [2.75, 3.05) is 5.75 Å². The Morgan fingerprint density at radius 2 is 1.73 bits per heavy atom. The number of halogens is 1. The van der Waals surface area contributed by atoms with Gasteiger partial charge >= 0.3 is 0 Å². The number of rotatable bonds is 11. The minimum Gasteiger partial charge on any atom is -0.352 e. The van der Waals surface area contributed by atoms with Gasteiger partial charge in [0.2, 0.25) is 11.8 Å². The molecule has 0 heterocycles. The number of hydrogen-bond donors (Lipinski definition) is 1. The van der Waals surface area contributed by atoms with Crippen molar-refractivity contribution in [3.05, 3.63) is 71.5 Å². The smallest absolute Gasteiger partial charge is 0.243 e. The Hall–Kier alpha value is -2.34. The van der Waals surface area contributed by atoms with Crippen LogP contribution in [0.25, 0.3) is 0 Å². The molecule has 2 aromatic rings. The summed E-state index contributed by atoms with van der Waals surface area (Å²) in [6.45, 7) is 2.25. The van der Waals surface area contributed by atoms with Crippen LogP contribution in [0.3, 0.4) is 0 Å². The molecule has 33 heavy (non-hydrogen) atoms. The molecule has 0 saturated heterocycles. The molecule has 178 valence electrons. The minimum absolute atomic E-state index is 0.0365. The Bertz CT molecular complexity index is 869. The summed E-state index contributed by atoms with van der Waals surface area (Å²) in [5.41, 5.74) is 2.06. The summed E-state index contributed by atoms with van der Waals surface area (Å²) in [6.07, 6.45) is 6.42. The fourth-order valence-electron chi connectivity index (χ4n) is 4.32. The van der Waals surface area contributed by atoms with E-state index in [0.717, 1.165) is 37.0 Å². The molecule has 0 aromatic heterocycles. The van der Waals surface area contributed by atoms with Crippen molar-refractivity contribution in [1.29, 1.82) is 0 Å². The van der Waals surface area contributed by atoms with Crippen molar-refractivity contribution in [3.8, 4) is 0 Å². The lowest BCUT2D eigenvalue weighted by atomic mass is 9.95. The van der Waals surface area contributed by atoms with Crippen LogP contribution in [0.4, 0.5) is 4.39 Å². The summed E-state index contributed by atoms with van der Waals surface area (Å²) in [4.78, 5) is 28.1. The van der Waals surface area contributed by atoms with Gasteiger partial charge in [-0.1, -0.05) is 68.7 Å². The van der Waals surface area contributed by atoms with Gasteiger partial charge in [-0.05, 0) is 42.5 Å². The van der Waals surface area contributed by atoms with E-state index in [0.29, 0.717) is 25.1 Å². The number of amides is 2. The molecule has 2 aromatic carbocycles. The van der Waals surface area contributed by atoms with E-state index in [1.54, 1.807) is 28.8 Å². The van der Waals surface area contributed by atoms with Gasteiger partial charge in [-0.15, -0.1) is 0 Å². The topological polar surface area (TPSA) is 49.4 Å². The van der Waals surface area contributed by atoms with Gasteiger partial charge in [0.05, 0.1) is 0 Å². The fourth-order valence-corrected chi connectivity index (χ4v) is 5.21. The molecule has 1 unspecified atom stereocenters. The van der Waals surface area contributed by atoms with E-state index in [2.05, 4.69) is 17.4 Å². The number of carbonyl (C=O) groups is 2. The maximum absolute atomic E-state index is 13.4. The average Bonchev–Trinajstić information content (AvgIpc) is 2.84. The van der Waals surface area contributed by atoms with Crippen LogP contribution in [0.5, 0.6) is 0 Å². The SMILES string of the molecule is CCC(C(=O)NC1CCCCC1)N(Cc1ccc(F)cc1)C(=O)CCSCc1ccccc1. The maximum atomic E-state index is 13.4. The van der Waals surface area contributed by atoms with Gasteiger partial charge in [-0.3, -0.25) is 9.59 Å². The Morgan fingerprint density at radius 3 is 2.39 bits per heavy atom. The molecule has 1 fully saturated rings. The second kappa shape index (κ2) is 13.4. The van der Waals surface area contributed by atoms with Gasteiger partial charge in [0.1, 0.15) is 11.9 Å². The highest BCUT2D eigenvalue weighted by molar-refractivity contribution is 7.98. The van der Waals surface area contributed by atoms with Crippen molar-refractivity contribution >= 4 is 23.6 Å². The lowest BCUT2D eigenvalue weighted by Gasteiger charge is -2.33. The van der Waals surface area contributed by atoms with Crippen molar-refractivity contribution in [1.82, 2.24) is 10.2 Å². The molecule has 2 amide bonds. The van der Waals surface area contributed by atoms with Crippen molar-refractivity contribution in [2.45, 2.75) is 76.3 Å². The first kappa shape index (κ1) is 25.3. The number of nitrogens with zero attached hydrogens (tertiary/aromatic N) is 1. The second-order valence-electron chi connectivity index (χ2n) is 8.70. The molecule has 1 atom stereocenters. The summed E-state index contributed by atoms with van der Waals surface area (Å²) >= 11 is 1.72. The number of benzene rings is 2. The van der Waals surface area contributed by atoms with Crippen LogP contribution in [0, 0.1) is 5.82 Å². The first-order valence-corrected chi connectivity index (χ1v) is 13.2. The van der Waals surface area contributed by atoms with E-state index in [1.807, 2.05) is 25.1 Å². The summed E-state index contributed by atoms with van der Waals surface area (Å²) in [5.74, 6) is 1.12. The molecule has 1 saturated carbocycles. The Morgan fingerprint density at radius 1 is 1.03 bits per heavy atom. The van der Waals surface area contributed by atoms with E-state index in [1.165, 1.54) is 24.1 Å². The Balaban J connectivity index is 1.64. The molecule has 0 radical (unpaired) electrons. The average molecular weight is 471 g/mol. The fraction of sp³-hybridized carbons (Fsp3) is 0.481. The highest BCUT2D eigenvalue weighted by Gasteiger charge is 2.30. The lowest BCUT2D eigenvalue weighted by molar-refractivity contribution is -0.141. The summed E-state index contributed by atoms with van der Waals surface area (Å²) in [7, 11) is 0. The Kier molecular flexibility index (Phi) is 10.3. The molecule has 0 bridgehead atoms. The first-order chi connectivity index (χ1) is 16.1. The quantitative estimate of drug-likeness (QED) is 0.428. The predicted molar refractivity (Wildman–Crippen MR) is 133 cm³/mol. The monoisotopic (exact) mass is 470 g/mol. The van der Waals surface area contributed by atoms with Crippen LogP contribution in [-0.2, 0) is 21.9 Å². The molecule has 6 heteroatoms. The molecule has 1 N–H and O–H groups in total. The van der Waals surface area contributed by atoms with E-state index >= 15 is 0 Å². The molecule has 0 spiro atoms. The van der Waals surface area contributed by atoms with E-state index in [4.69, 9.17) is 0 Å². The molecule has 3 rings (SSSR count). The van der Waals surface area contributed by atoms with Gasteiger partial charge in [0.15, 0.2) is 0 Å². The van der Waals surface area contributed by atoms with Crippen molar-refractivity contribution in [2.24, 2.45) is 0 Å². The van der Waals surface area contributed by atoms with E-state index in [9.17, 15) is 14.0 Å². The van der Waals surface area contributed by atoms with Gasteiger partial charge in [0.25, 0.3) is 0 Å². The largest absolute Gasteiger partial charge is 0.352 e. The van der Waals surface area contributed by atoms with E-state index in [-0.39, 0.29) is 23.7 Å². The second-order valence-corrected chi connectivity index (χ2v) is 9.81. The van der Waals surface area contributed by atoms with Crippen LogP contribution in [0.2, 0.25) is 0 Å². The molecule has 0 aliphatic heterocycles. The van der Waals surface area contributed by atoms with Gasteiger partial charge < -0.3 is 10.2 Å². The van der Waals surface area contributed by atoms with Crippen LogP contribution < -0.4 is 5.32 Å². The molecular formula is C27H35FN2O2S. The van der Waals surface area contributed by atoms with E-state index < -0.39 is 6.04 Å². The van der Waals surface area contributed by atoms with Gasteiger partial charge in [-0.2, -0.15) is 11.8 Å². The summed E-state index contributed by atoms with van der Waals surface area (Å²) in [6, 6.07) is 16.0. The van der Waals surface area contributed by atoms with Crippen LogP contribution >= 0.6 is 11.8 Å². The Labute approximate surface area is 201 Å². The van der Waals surface area contributed by atoms with Crippen LogP contribution in [0.15, 0.2) is 54.6 Å². The molecular weight excluding hydrogens is 435 g/mol. The minimum atomic E-state index is -0.524. The zero-order valence-electron chi connectivity index (χ0n) is 19.5. The maximum Gasteiger partial charge on any atom is 0.243 e. The van der Waals surface area contributed by atoms with Crippen LogP contribution in [0.1, 0.15) is 63.0 Å². The van der Waals surface area contributed by atoms with Crippen LogP contribution in [-0.4, -0.2) is 34.6 Å². The standard InChI is InChI=1S/C27H35FN2O2S/c1-2-25(27(32)29-24-11-7-4-8-12-24)30(19-21-13-15-23(28)16-14-21)26(31)17-18-33-20-22-9-5-3-6-10-22/h3,5-6,9-10,13-16,24-25H,2,4,7-8,11-12,17-20H2,1H3,(H,29,32). The first-order valence-electron chi connectivity index (χ1n) is 12.0. The van der Waals surface area contributed by atoms with Gasteiger partial charge in [0, 0.05) is 30.5 Å². The third-order valence-corrected chi connectivity index (χ3v) is 7.21. The zero-order valence-corrected chi connectivity index (χ0v) is 20.3. The van der Waals surface area contributed by atoms with Gasteiger partial charge in [-0.25, -0.2) is 4.39 Å². The predicted octanol–water partition coefficient (Wildman–Crippen LogP) is 5.71. The third-order valence-electron chi connectivity index (χ3n) is 6.18. The van der Waals surface area contributed by atoms with Crippen molar-refractivity contribution in [3.63, 3.8) is 0 Å². The number of hydrogen-bond acceptors (Lipinski definition) is 3. The normalized spacial score (nSPS) is 15.1. The third kappa shape index (κ3) is 8.18. The highest BCUT2D eigenvalue weighted by Crippen LogP contribution is 2.20.